The largest absolute Gasteiger partial charge is 0.495 e. The van der Waals surface area contributed by atoms with E-state index in [4.69, 9.17) is 15.6 Å². The number of aliphatic hydroxyl groups is 1. The molecule has 0 fully saturated rings. The number of rotatable bonds is 6. The van der Waals surface area contributed by atoms with Crippen LogP contribution >= 0.6 is 0 Å². The fourth-order valence-electron chi connectivity index (χ4n) is 1.86. The summed E-state index contributed by atoms with van der Waals surface area (Å²) in [6.45, 7) is 5.19. The minimum absolute atomic E-state index is 0.188. The lowest BCUT2D eigenvalue weighted by atomic mass is 10.2. The zero-order valence-electron chi connectivity index (χ0n) is 10.8. The first kappa shape index (κ1) is 13.6. The number of hydrogen-bond acceptors (Lipinski definition) is 4. The Morgan fingerprint density at radius 2 is 2.12 bits per heavy atom. The number of methoxy groups -OCH3 is 1. The highest BCUT2D eigenvalue weighted by molar-refractivity contribution is 5.74. The van der Waals surface area contributed by atoms with Crippen molar-refractivity contribution in [3.05, 3.63) is 18.2 Å². The minimum atomic E-state index is 0.188. The van der Waals surface area contributed by atoms with Gasteiger partial charge in [-0.3, -0.25) is 0 Å². The molecule has 0 atom stereocenters. The van der Waals surface area contributed by atoms with E-state index in [0.29, 0.717) is 17.5 Å². The molecule has 4 heteroatoms. The van der Waals surface area contributed by atoms with Crippen molar-refractivity contribution >= 4 is 11.4 Å². The Morgan fingerprint density at radius 1 is 1.41 bits per heavy atom. The minimum Gasteiger partial charge on any atom is -0.495 e. The van der Waals surface area contributed by atoms with Crippen molar-refractivity contribution in [2.75, 3.05) is 30.9 Å². The van der Waals surface area contributed by atoms with E-state index in [1.165, 1.54) is 0 Å². The van der Waals surface area contributed by atoms with Crippen LogP contribution < -0.4 is 15.4 Å². The molecular formula is C13H22N2O2. The van der Waals surface area contributed by atoms with Crippen LogP contribution in [0.1, 0.15) is 20.3 Å². The standard InChI is InChI=1S/C13H22N2O2/c1-10(2)15(8-5-9-16)11-6-4-7-12(17-3)13(11)14/h4,6-7,10,16H,5,8-9,14H2,1-3H3. The number of aliphatic hydroxyl groups excluding tert-OH is 1. The zero-order chi connectivity index (χ0) is 12.8. The fourth-order valence-corrected chi connectivity index (χ4v) is 1.86. The van der Waals surface area contributed by atoms with E-state index in [-0.39, 0.29) is 6.61 Å². The number of anilines is 2. The maximum atomic E-state index is 8.93. The van der Waals surface area contributed by atoms with Crippen LogP contribution in [-0.2, 0) is 0 Å². The molecule has 1 aromatic carbocycles. The molecule has 0 spiro atoms. The normalized spacial score (nSPS) is 10.6. The monoisotopic (exact) mass is 238 g/mol. The van der Waals surface area contributed by atoms with Gasteiger partial charge in [0.2, 0.25) is 0 Å². The number of ether oxygens (including phenoxy) is 1. The second-order valence-corrected chi connectivity index (χ2v) is 4.26. The number of para-hydroxylation sites is 1. The quantitative estimate of drug-likeness (QED) is 0.743. The van der Waals surface area contributed by atoms with Crippen molar-refractivity contribution in [3.8, 4) is 5.75 Å². The summed E-state index contributed by atoms with van der Waals surface area (Å²) >= 11 is 0. The molecule has 1 rings (SSSR count). The van der Waals surface area contributed by atoms with Crippen molar-refractivity contribution < 1.29 is 9.84 Å². The summed E-state index contributed by atoms with van der Waals surface area (Å²) in [6.07, 6.45) is 0.731. The highest BCUT2D eigenvalue weighted by Gasteiger charge is 2.15. The van der Waals surface area contributed by atoms with Crippen LogP contribution in [0.25, 0.3) is 0 Å². The highest BCUT2D eigenvalue weighted by atomic mass is 16.5. The molecule has 17 heavy (non-hydrogen) atoms. The van der Waals surface area contributed by atoms with Gasteiger partial charge in [-0.2, -0.15) is 0 Å². The number of nitrogen functional groups attached to an aromatic ring is 1. The molecule has 0 unspecified atom stereocenters. The van der Waals surface area contributed by atoms with E-state index in [0.717, 1.165) is 18.7 Å². The van der Waals surface area contributed by atoms with E-state index in [1.807, 2.05) is 18.2 Å². The third-order valence-corrected chi connectivity index (χ3v) is 2.75. The molecule has 0 saturated heterocycles. The lowest BCUT2D eigenvalue weighted by Crippen LogP contribution is -2.32. The average Bonchev–Trinajstić information content (AvgIpc) is 2.31. The average molecular weight is 238 g/mol. The Morgan fingerprint density at radius 3 is 2.65 bits per heavy atom. The van der Waals surface area contributed by atoms with Crippen LogP contribution in [0.2, 0.25) is 0 Å². The van der Waals surface area contributed by atoms with Crippen LogP contribution in [0, 0.1) is 0 Å². The fraction of sp³-hybridized carbons (Fsp3) is 0.538. The van der Waals surface area contributed by atoms with Gasteiger partial charge in [0.25, 0.3) is 0 Å². The first-order valence-corrected chi connectivity index (χ1v) is 5.91. The van der Waals surface area contributed by atoms with Gasteiger partial charge in [-0.1, -0.05) is 6.07 Å². The molecular weight excluding hydrogens is 216 g/mol. The Hall–Kier alpha value is -1.42. The van der Waals surface area contributed by atoms with E-state index >= 15 is 0 Å². The van der Waals surface area contributed by atoms with Gasteiger partial charge in [0.05, 0.1) is 18.5 Å². The van der Waals surface area contributed by atoms with E-state index in [9.17, 15) is 0 Å². The summed E-state index contributed by atoms with van der Waals surface area (Å²) in [5.74, 6) is 0.692. The van der Waals surface area contributed by atoms with Crippen LogP contribution in [-0.4, -0.2) is 31.4 Å². The summed E-state index contributed by atoms with van der Waals surface area (Å²) < 4.78 is 5.22. The van der Waals surface area contributed by atoms with Crippen LogP contribution in [0.5, 0.6) is 5.75 Å². The molecule has 0 saturated carbocycles. The topological polar surface area (TPSA) is 58.7 Å². The number of benzene rings is 1. The second kappa shape index (κ2) is 6.35. The summed E-state index contributed by atoms with van der Waals surface area (Å²) in [4.78, 5) is 2.17. The molecule has 0 bridgehead atoms. The Labute approximate surface area is 103 Å². The molecule has 0 aliphatic heterocycles. The first-order chi connectivity index (χ1) is 8.11. The molecule has 0 heterocycles. The molecule has 96 valence electrons. The third-order valence-electron chi connectivity index (χ3n) is 2.75. The molecule has 0 aromatic heterocycles. The molecule has 0 amide bonds. The van der Waals surface area contributed by atoms with Gasteiger partial charge in [0, 0.05) is 19.2 Å². The lowest BCUT2D eigenvalue weighted by Gasteiger charge is -2.30. The maximum absolute atomic E-state index is 8.93. The van der Waals surface area contributed by atoms with E-state index in [1.54, 1.807) is 7.11 Å². The second-order valence-electron chi connectivity index (χ2n) is 4.26. The van der Waals surface area contributed by atoms with Crippen molar-refractivity contribution in [2.45, 2.75) is 26.3 Å². The number of nitrogens with two attached hydrogens (primary N) is 1. The SMILES string of the molecule is COc1cccc(N(CCCO)C(C)C)c1N. The van der Waals surface area contributed by atoms with E-state index < -0.39 is 0 Å². The molecule has 3 N–H and O–H groups in total. The van der Waals surface area contributed by atoms with Crippen LogP contribution in [0.4, 0.5) is 11.4 Å². The Bertz CT molecular complexity index is 353. The van der Waals surface area contributed by atoms with Gasteiger partial charge in [-0.05, 0) is 32.4 Å². The smallest absolute Gasteiger partial charge is 0.143 e. The molecule has 0 radical (unpaired) electrons. The van der Waals surface area contributed by atoms with Gasteiger partial charge in [-0.15, -0.1) is 0 Å². The van der Waals surface area contributed by atoms with Gasteiger partial charge in [0.15, 0.2) is 0 Å². The molecule has 1 aromatic rings. The maximum Gasteiger partial charge on any atom is 0.143 e. The van der Waals surface area contributed by atoms with Crippen molar-refractivity contribution in [3.63, 3.8) is 0 Å². The van der Waals surface area contributed by atoms with Crippen molar-refractivity contribution in [1.82, 2.24) is 0 Å². The first-order valence-electron chi connectivity index (χ1n) is 5.91. The Kier molecular flexibility index (Phi) is 5.10. The van der Waals surface area contributed by atoms with Crippen molar-refractivity contribution in [1.29, 1.82) is 0 Å². The van der Waals surface area contributed by atoms with Crippen LogP contribution in [0.3, 0.4) is 0 Å². The van der Waals surface area contributed by atoms with Crippen molar-refractivity contribution in [2.24, 2.45) is 0 Å². The number of hydrogen-bond donors (Lipinski definition) is 2. The summed E-state index contributed by atoms with van der Waals surface area (Å²) in [6, 6.07) is 6.09. The summed E-state index contributed by atoms with van der Waals surface area (Å²) in [5.41, 5.74) is 7.69. The van der Waals surface area contributed by atoms with Gasteiger partial charge < -0.3 is 20.5 Å². The predicted octanol–water partition coefficient (Wildman–Crippen LogP) is 1.87. The predicted molar refractivity (Wildman–Crippen MR) is 71.6 cm³/mol. The Balaban J connectivity index is 3.01. The zero-order valence-corrected chi connectivity index (χ0v) is 10.8. The van der Waals surface area contributed by atoms with E-state index in [2.05, 4.69) is 18.7 Å². The molecule has 4 nitrogen and oxygen atoms in total. The summed E-state index contributed by atoms with van der Waals surface area (Å²) in [7, 11) is 1.61. The summed E-state index contributed by atoms with van der Waals surface area (Å²) in [5, 5.41) is 8.93. The molecule has 0 aliphatic carbocycles. The molecule has 0 aliphatic rings. The van der Waals surface area contributed by atoms with Gasteiger partial charge in [0.1, 0.15) is 5.75 Å². The lowest BCUT2D eigenvalue weighted by molar-refractivity contribution is 0.288. The highest BCUT2D eigenvalue weighted by Crippen LogP contribution is 2.33. The van der Waals surface area contributed by atoms with Gasteiger partial charge in [-0.25, -0.2) is 0 Å². The van der Waals surface area contributed by atoms with Gasteiger partial charge >= 0.3 is 0 Å². The number of nitrogens with zero attached hydrogens (tertiary/aromatic N) is 1. The van der Waals surface area contributed by atoms with Crippen LogP contribution in [0.15, 0.2) is 18.2 Å². The third kappa shape index (κ3) is 3.27.